The van der Waals surface area contributed by atoms with Gasteiger partial charge in [-0.15, -0.1) is 11.6 Å². The van der Waals surface area contributed by atoms with E-state index >= 15 is 0 Å². The lowest BCUT2D eigenvalue weighted by Crippen LogP contribution is -2.64. The molecule has 2 N–H and O–H groups in total. The molecular formula is C40H42ClN3O13. The number of amides is 2. The highest BCUT2D eigenvalue weighted by molar-refractivity contribution is 6.19. The van der Waals surface area contributed by atoms with Gasteiger partial charge in [-0.05, 0) is 56.0 Å². The fraction of sp³-hybridized carbons (Fsp3) is 0.400. The molecule has 1 aromatic heterocycles. The van der Waals surface area contributed by atoms with Gasteiger partial charge in [-0.25, -0.2) is 9.59 Å². The van der Waals surface area contributed by atoms with Crippen molar-refractivity contribution in [2.24, 2.45) is 0 Å². The molecule has 16 nitrogen and oxygen atoms in total. The maximum Gasteiger partial charge on any atom is 0.412 e. The summed E-state index contributed by atoms with van der Waals surface area (Å²) in [6.07, 6.45) is -8.65. The summed E-state index contributed by atoms with van der Waals surface area (Å²) in [6, 6.07) is 15.6. The standard InChI is InChI=1S/C40H42ClN3O13/c1-19(45)52-32-33(53-20(2)46)35(54-21(3)47)38(56-34(32)37(49)51-7)55-30-16-29-31(26-11-9-8-10-25(26)30)23(17-41)18-44(29)36(48)28-15-22-14-24(12-13-27(22)43-28)42-39(50)57-40(4,5)6/h8-16,23,32-35,38,43H,17-18H2,1-7H3,(H,42,50)/t23-,32-,33+,34+,35+,38+/m1/s1. The van der Waals surface area contributed by atoms with E-state index in [2.05, 4.69) is 10.3 Å². The molecule has 2 aliphatic heterocycles. The lowest BCUT2D eigenvalue weighted by molar-refractivity contribution is -0.282. The van der Waals surface area contributed by atoms with Crippen LogP contribution < -0.4 is 15.0 Å². The number of nitrogens with one attached hydrogen (secondary N) is 2. The zero-order valence-corrected chi connectivity index (χ0v) is 33.0. The van der Waals surface area contributed by atoms with Crippen LogP contribution in [0.3, 0.4) is 0 Å². The number of carbonyl (C=O) groups is 6. The number of rotatable bonds is 9. The maximum absolute atomic E-state index is 14.4. The summed E-state index contributed by atoms with van der Waals surface area (Å²) < 4.78 is 39.3. The van der Waals surface area contributed by atoms with Gasteiger partial charge >= 0.3 is 30.0 Å². The molecule has 1 saturated heterocycles. The topological polar surface area (TPSA) is 198 Å². The second-order valence-electron chi connectivity index (χ2n) is 14.5. The van der Waals surface area contributed by atoms with Crippen molar-refractivity contribution < 1.29 is 61.9 Å². The fourth-order valence-corrected chi connectivity index (χ4v) is 7.27. The van der Waals surface area contributed by atoms with Crippen LogP contribution in [0.4, 0.5) is 16.2 Å². The highest BCUT2D eigenvalue weighted by Gasteiger charge is 2.56. The molecule has 6 atom stereocenters. The number of alkyl halides is 1. The van der Waals surface area contributed by atoms with Crippen molar-refractivity contribution in [1.29, 1.82) is 0 Å². The molecule has 1 fully saturated rings. The Morgan fingerprint density at radius 2 is 1.53 bits per heavy atom. The van der Waals surface area contributed by atoms with E-state index in [4.69, 9.17) is 44.8 Å². The Labute approximate surface area is 331 Å². The molecule has 302 valence electrons. The van der Waals surface area contributed by atoms with Gasteiger partial charge in [0.25, 0.3) is 5.91 Å². The van der Waals surface area contributed by atoms with Gasteiger partial charge in [0, 0.05) is 67.2 Å². The summed E-state index contributed by atoms with van der Waals surface area (Å²) in [4.78, 5) is 81.5. The minimum Gasteiger partial charge on any atom is -0.467 e. The van der Waals surface area contributed by atoms with Gasteiger partial charge < -0.3 is 43.0 Å². The predicted molar refractivity (Wildman–Crippen MR) is 205 cm³/mol. The number of ether oxygens (including phenoxy) is 7. The highest BCUT2D eigenvalue weighted by atomic mass is 35.5. The third kappa shape index (κ3) is 8.76. The first-order valence-corrected chi connectivity index (χ1v) is 18.5. The molecule has 2 aliphatic rings. The summed E-state index contributed by atoms with van der Waals surface area (Å²) in [5.41, 5.74) is 1.92. The van der Waals surface area contributed by atoms with E-state index in [0.717, 1.165) is 33.4 Å². The molecule has 0 saturated carbocycles. The van der Waals surface area contributed by atoms with Gasteiger partial charge in [-0.3, -0.25) is 24.5 Å². The van der Waals surface area contributed by atoms with E-state index in [1.807, 2.05) is 12.1 Å². The number of hydrogen-bond acceptors (Lipinski definition) is 13. The summed E-state index contributed by atoms with van der Waals surface area (Å²) in [6.45, 7) is 8.77. The van der Waals surface area contributed by atoms with Gasteiger partial charge in [-0.2, -0.15) is 0 Å². The number of carbonyl (C=O) groups excluding carboxylic acids is 6. The van der Waals surface area contributed by atoms with E-state index in [0.29, 0.717) is 33.1 Å². The number of nitrogens with zero attached hydrogens (tertiary/aromatic N) is 1. The lowest BCUT2D eigenvalue weighted by atomic mass is 9.95. The van der Waals surface area contributed by atoms with Crippen molar-refractivity contribution >= 4 is 80.5 Å². The van der Waals surface area contributed by atoms with Crippen molar-refractivity contribution in [3.63, 3.8) is 0 Å². The van der Waals surface area contributed by atoms with Crippen LogP contribution in [0.1, 0.15) is 63.5 Å². The molecule has 0 bridgehead atoms. The molecule has 57 heavy (non-hydrogen) atoms. The monoisotopic (exact) mass is 807 g/mol. The number of halogens is 1. The van der Waals surface area contributed by atoms with Gasteiger partial charge in [0.05, 0.1) is 12.8 Å². The number of H-pyrrole nitrogens is 1. The number of esters is 4. The number of aromatic amines is 1. The minimum atomic E-state index is -1.68. The zero-order chi connectivity index (χ0) is 41.3. The molecule has 2 amide bonds. The predicted octanol–water partition coefficient (Wildman–Crippen LogP) is 5.72. The Hall–Kier alpha value is -5.87. The normalized spacial score (nSPS) is 21.6. The van der Waals surface area contributed by atoms with E-state index in [1.54, 1.807) is 68.1 Å². The second-order valence-corrected chi connectivity index (χ2v) is 14.8. The van der Waals surface area contributed by atoms with Crippen LogP contribution in [0, 0.1) is 0 Å². The maximum atomic E-state index is 14.4. The number of anilines is 2. The fourth-order valence-electron chi connectivity index (χ4n) is 7.02. The van der Waals surface area contributed by atoms with Gasteiger partial charge in [0.1, 0.15) is 17.0 Å². The second kappa shape index (κ2) is 16.3. The SMILES string of the molecule is COC(=O)[C@H]1O[C@H](Oc2cc3c(c4ccccc24)[C@H](CCl)CN3C(=O)c2cc3cc(NC(=O)OC(C)(C)C)ccc3[nH]2)[C@@H](OC(C)=O)[C@@H](OC(C)=O)[C@H]1OC(C)=O. The zero-order valence-electron chi connectivity index (χ0n) is 32.2. The lowest BCUT2D eigenvalue weighted by Gasteiger charge is -2.43. The van der Waals surface area contributed by atoms with Crippen LogP contribution in [0.25, 0.3) is 21.7 Å². The summed E-state index contributed by atoms with van der Waals surface area (Å²) in [5, 5.41) is 4.61. The number of benzene rings is 3. The van der Waals surface area contributed by atoms with Crippen LogP contribution in [0.15, 0.2) is 54.6 Å². The first-order chi connectivity index (χ1) is 27.0. The molecular weight excluding hydrogens is 766 g/mol. The Kier molecular flexibility index (Phi) is 11.7. The van der Waals surface area contributed by atoms with Crippen molar-refractivity contribution in [3.8, 4) is 5.75 Å². The molecule has 3 aromatic carbocycles. The van der Waals surface area contributed by atoms with E-state index in [1.165, 1.54) is 0 Å². The summed E-state index contributed by atoms with van der Waals surface area (Å²) >= 11 is 6.53. The molecule has 0 aliphatic carbocycles. The Morgan fingerprint density at radius 1 is 0.877 bits per heavy atom. The molecule has 6 rings (SSSR count). The van der Waals surface area contributed by atoms with Crippen LogP contribution in [-0.2, 0) is 47.6 Å². The van der Waals surface area contributed by atoms with Gasteiger partial charge in [-0.1, -0.05) is 24.3 Å². The highest BCUT2D eigenvalue weighted by Crippen LogP contribution is 2.47. The summed E-state index contributed by atoms with van der Waals surface area (Å²) in [5.74, 6) is -3.85. The summed E-state index contributed by atoms with van der Waals surface area (Å²) in [7, 11) is 1.09. The van der Waals surface area contributed by atoms with Crippen molar-refractivity contribution in [2.75, 3.05) is 29.8 Å². The molecule has 0 spiro atoms. The van der Waals surface area contributed by atoms with E-state index < -0.39 is 66.3 Å². The quantitative estimate of drug-likeness (QED) is 0.118. The van der Waals surface area contributed by atoms with Crippen molar-refractivity contribution in [1.82, 2.24) is 4.98 Å². The number of hydrogen-bond donors (Lipinski definition) is 2. The smallest absolute Gasteiger partial charge is 0.412 e. The molecule has 17 heteroatoms. The molecule has 0 radical (unpaired) electrons. The average Bonchev–Trinajstić information content (AvgIpc) is 3.73. The van der Waals surface area contributed by atoms with Crippen molar-refractivity contribution in [3.05, 3.63) is 65.9 Å². The first-order valence-electron chi connectivity index (χ1n) is 18.0. The Bertz CT molecular complexity index is 2250. The van der Waals surface area contributed by atoms with E-state index in [9.17, 15) is 28.8 Å². The molecule has 4 aromatic rings. The van der Waals surface area contributed by atoms with Crippen molar-refractivity contribution in [2.45, 2.75) is 83.8 Å². The van der Waals surface area contributed by atoms with Crippen LogP contribution in [0.5, 0.6) is 5.75 Å². The average molecular weight is 808 g/mol. The number of aromatic nitrogens is 1. The molecule has 0 unspecified atom stereocenters. The Balaban J connectivity index is 1.40. The van der Waals surface area contributed by atoms with Gasteiger partial charge in [0.15, 0.2) is 18.3 Å². The van der Waals surface area contributed by atoms with E-state index in [-0.39, 0.29) is 35.7 Å². The number of fused-ring (bicyclic) bond motifs is 4. The van der Waals surface area contributed by atoms with Gasteiger partial charge in [0.2, 0.25) is 12.4 Å². The molecule has 3 heterocycles. The Morgan fingerprint density at radius 3 is 2.16 bits per heavy atom. The largest absolute Gasteiger partial charge is 0.467 e. The van der Waals surface area contributed by atoms with Crippen LogP contribution in [-0.4, -0.2) is 96.7 Å². The third-order valence-corrected chi connectivity index (χ3v) is 9.51. The van der Waals surface area contributed by atoms with Crippen LogP contribution >= 0.6 is 11.6 Å². The first kappa shape index (κ1) is 40.8. The third-order valence-electron chi connectivity index (χ3n) is 9.13. The minimum absolute atomic E-state index is 0.144. The number of methoxy groups -OCH3 is 1. The van der Waals surface area contributed by atoms with Crippen LogP contribution in [0.2, 0.25) is 0 Å².